The fourth-order valence-electron chi connectivity index (χ4n) is 3.35. The van der Waals surface area contributed by atoms with Crippen molar-refractivity contribution in [3.8, 4) is 11.1 Å². The lowest BCUT2D eigenvalue weighted by atomic mass is 10.0. The molecule has 0 radical (unpaired) electrons. The molecule has 1 aliphatic heterocycles. The van der Waals surface area contributed by atoms with Gasteiger partial charge in [0.15, 0.2) is 0 Å². The lowest BCUT2D eigenvalue weighted by Gasteiger charge is -2.24. The molecule has 1 amide bonds. The van der Waals surface area contributed by atoms with Gasteiger partial charge in [-0.05, 0) is 22.8 Å². The molecule has 4 rings (SSSR count). The molecule has 26 heavy (non-hydrogen) atoms. The highest BCUT2D eigenvalue weighted by Crippen LogP contribution is 2.27. The first-order valence-electron chi connectivity index (χ1n) is 8.63. The fraction of sp³-hybridized carbons (Fsp3) is 0.136. The third-order valence-corrected chi connectivity index (χ3v) is 4.66. The van der Waals surface area contributed by atoms with E-state index in [2.05, 4.69) is 41.7 Å². The third kappa shape index (κ3) is 3.37. The van der Waals surface area contributed by atoms with Crippen molar-refractivity contribution < 1.29 is 9.18 Å². The number of amides is 1. The van der Waals surface area contributed by atoms with Crippen LogP contribution in [0.1, 0.15) is 17.3 Å². The number of hydrogen-bond donors (Lipinski definition) is 1. The predicted octanol–water partition coefficient (Wildman–Crippen LogP) is 4.12. The molecule has 4 heteroatoms. The van der Waals surface area contributed by atoms with Crippen molar-refractivity contribution in [2.24, 2.45) is 0 Å². The van der Waals surface area contributed by atoms with Gasteiger partial charge in [-0.2, -0.15) is 0 Å². The topological polar surface area (TPSA) is 32.3 Å². The number of nitrogens with zero attached hydrogens (tertiary/aromatic N) is 1. The Bertz CT molecular complexity index is 909. The van der Waals surface area contributed by atoms with Gasteiger partial charge in [0.1, 0.15) is 12.0 Å². The molecule has 0 spiro atoms. The highest BCUT2D eigenvalue weighted by Gasteiger charge is 2.32. The van der Waals surface area contributed by atoms with Crippen molar-refractivity contribution in [1.82, 2.24) is 10.2 Å². The summed E-state index contributed by atoms with van der Waals surface area (Å²) in [5.74, 6) is -0.386. The monoisotopic (exact) mass is 346 g/mol. The Morgan fingerprint density at radius 3 is 2.27 bits per heavy atom. The fourth-order valence-corrected chi connectivity index (χ4v) is 3.35. The maximum atomic E-state index is 14.1. The van der Waals surface area contributed by atoms with Crippen molar-refractivity contribution in [3.05, 3.63) is 95.8 Å². The standard InChI is InChI=1S/C22H19FN2O/c23-20-9-5-4-8-19(20)22-24-21(26)15-25(22)14-16-10-12-18(13-11-16)17-6-2-1-3-7-17/h1-13,22H,14-15H2,(H,24,26)/t22-/m1/s1. The number of nitrogens with one attached hydrogen (secondary N) is 1. The Labute approximate surface area is 152 Å². The summed E-state index contributed by atoms with van der Waals surface area (Å²) in [4.78, 5) is 13.9. The number of benzene rings is 3. The second-order valence-corrected chi connectivity index (χ2v) is 6.46. The van der Waals surface area contributed by atoms with Crippen LogP contribution >= 0.6 is 0 Å². The summed E-state index contributed by atoms with van der Waals surface area (Å²) in [7, 11) is 0. The molecule has 0 aliphatic carbocycles. The van der Waals surface area contributed by atoms with E-state index in [9.17, 15) is 9.18 Å². The number of halogens is 1. The Morgan fingerprint density at radius 2 is 1.54 bits per heavy atom. The molecule has 3 nitrogen and oxygen atoms in total. The second-order valence-electron chi connectivity index (χ2n) is 6.46. The van der Waals surface area contributed by atoms with Crippen molar-refractivity contribution in [3.63, 3.8) is 0 Å². The molecule has 0 unspecified atom stereocenters. The van der Waals surface area contributed by atoms with Gasteiger partial charge < -0.3 is 5.32 Å². The van der Waals surface area contributed by atoms with Crippen molar-refractivity contribution in [2.45, 2.75) is 12.7 Å². The maximum absolute atomic E-state index is 14.1. The summed E-state index contributed by atoms with van der Waals surface area (Å²) < 4.78 is 14.1. The first-order valence-corrected chi connectivity index (χ1v) is 8.63. The highest BCUT2D eigenvalue weighted by molar-refractivity contribution is 5.80. The van der Waals surface area contributed by atoms with Gasteiger partial charge in [0.2, 0.25) is 5.91 Å². The largest absolute Gasteiger partial charge is 0.335 e. The Kier molecular flexibility index (Phi) is 4.50. The quantitative estimate of drug-likeness (QED) is 0.771. The van der Waals surface area contributed by atoms with E-state index in [4.69, 9.17) is 0 Å². The van der Waals surface area contributed by atoms with Crippen LogP contribution in [-0.4, -0.2) is 17.4 Å². The molecule has 1 N–H and O–H groups in total. The van der Waals surface area contributed by atoms with Crippen LogP contribution in [0.3, 0.4) is 0 Å². The van der Waals surface area contributed by atoms with E-state index in [1.54, 1.807) is 18.2 Å². The molecule has 0 saturated carbocycles. The molecule has 1 atom stereocenters. The van der Waals surface area contributed by atoms with Crippen LogP contribution in [0.15, 0.2) is 78.9 Å². The van der Waals surface area contributed by atoms with Crippen LogP contribution in [0.4, 0.5) is 4.39 Å². The van der Waals surface area contributed by atoms with Crippen molar-refractivity contribution in [2.75, 3.05) is 6.54 Å². The first kappa shape index (κ1) is 16.5. The van der Waals surface area contributed by atoms with E-state index in [0.717, 1.165) is 11.1 Å². The van der Waals surface area contributed by atoms with E-state index in [1.165, 1.54) is 11.6 Å². The Hall–Kier alpha value is -2.98. The zero-order valence-corrected chi connectivity index (χ0v) is 14.2. The summed E-state index contributed by atoms with van der Waals surface area (Å²) in [5, 5.41) is 2.87. The van der Waals surface area contributed by atoms with Gasteiger partial charge in [-0.3, -0.25) is 9.69 Å². The molecule has 0 bridgehead atoms. The summed E-state index contributed by atoms with van der Waals surface area (Å²) in [6.45, 7) is 0.840. The van der Waals surface area contributed by atoms with Crippen LogP contribution in [0.5, 0.6) is 0 Å². The maximum Gasteiger partial charge on any atom is 0.235 e. The van der Waals surface area contributed by atoms with E-state index in [0.29, 0.717) is 12.1 Å². The molecule has 1 saturated heterocycles. The average Bonchev–Trinajstić information content (AvgIpc) is 3.03. The number of carbonyl (C=O) groups excluding carboxylic acids is 1. The minimum atomic E-state index is -0.433. The van der Waals surface area contributed by atoms with Gasteiger partial charge >= 0.3 is 0 Å². The van der Waals surface area contributed by atoms with Gasteiger partial charge in [-0.25, -0.2) is 4.39 Å². The zero-order chi connectivity index (χ0) is 17.9. The minimum absolute atomic E-state index is 0.0841. The van der Waals surface area contributed by atoms with E-state index in [-0.39, 0.29) is 18.3 Å². The van der Waals surface area contributed by atoms with Gasteiger partial charge in [-0.15, -0.1) is 0 Å². The molecular formula is C22H19FN2O. The molecule has 1 fully saturated rings. The van der Waals surface area contributed by atoms with Crippen LogP contribution in [-0.2, 0) is 11.3 Å². The van der Waals surface area contributed by atoms with Gasteiger partial charge in [0, 0.05) is 12.1 Å². The molecule has 130 valence electrons. The first-order chi connectivity index (χ1) is 12.7. The summed E-state index contributed by atoms with van der Waals surface area (Å²) in [6.07, 6.45) is -0.433. The van der Waals surface area contributed by atoms with E-state index < -0.39 is 6.17 Å². The van der Waals surface area contributed by atoms with Gasteiger partial charge in [0.25, 0.3) is 0 Å². The molecule has 3 aromatic carbocycles. The predicted molar refractivity (Wildman–Crippen MR) is 99.6 cm³/mol. The van der Waals surface area contributed by atoms with E-state index in [1.807, 2.05) is 23.1 Å². The molecular weight excluding hydrogens is 327 g/mol. The van der Waals surface area contributed by atoms with Gasteiger partial charge in [-0.1, -0.05) is 72.8 Å². The summed E-state index contributed by atoms with van der Waals surface area (Å²) in [6, 6.07) is 25.0. The smallest absolute Gasteiger partial charge is 0.235 e. The summed E-state index contributed by atoms with van der Waals surface area (Å²) >= 11 is 0. The average molecular weight is 346 g/mol. The minimum Gasteiger partial charge on any atom is -0.335 e. The number of rotatable bonds is 4. The van der Waals surface area contributed by atoms with Crippen LogP contribution in [0.25, 0.3) is 11.1 Å². The third-order valence-electron chi connectivity index (χ3n) is 4.66. The zero-order valence-electron chi connectivity index (χ0n) is 14.2. The van der Waals surface area contributed by atoms with E-state index >= 15 is 0 Å². The molecule has 3 aromatic rings. The van der Waals surface area contributed by atoms with Crippen molar-refractivity contribution in [1.29, 1.82) is 0 Å². The molecule has 1 heterocycles. The van der Waals surface area contributed by atoms with Crippen LogP contribution in [0.2, 0.25) is 0 Å². The highest BCUT2D eigenvalue weighted by atomic mass is 19.1. The van der Waals surface area contributed by atoms with Crippen LogP contribution in [0, 0.1) is 5.82 Å². The Morgan fingerprint density at radius 1 is 0.885 bits per heavy atom. The van der Waals surface area contributed by atoms with Gasteiger partial charge in [0.05, 0.1) is 6.54 Å². The normalized spacial score (nSPS) is 17.3. The number of hydrogen-bond acceptors (Lipinski definition) is 2. The lowest BCUT2D eigenvalue weighted by molar-refractivity contribution is -0.118. The molecule has 0 aromatic heterocycles. The number of carbonyl (C=O) groups is 1. The van der Waals surface area contributed by atoms with Crippen molar-refractivity contribution >= 4 is 5.91 Å². The SMILES string of the molecule is O=C1CN(Cc2ccc(-c3ccccc3)cc2)[C@H](c2ccccc2F)N1. The molecule has 1 aliphatic rings. The van der Waals surface area contributed by atoms with Crippen LogP contribution < -0.4 is 5.32 Å². The Balaban J connectivity index is 1.54. The summed E-state index contributed by atoms with van der Waals surface area (Å²) in [5.41, 5.74) is 3.90. The second kappa shape index (κ2) is 7.10. The lowest BCUT2D eigenvalue weighted by Crippen LogP contribution is -2.28.